The molecule has 1 unspecified atom stereocenters. The van der Waals surface area contributed by atoms with Gasteiger partial charge in [0.15, 0.2) is 0 Å². The number of para-hydroxylation sites is 1. The molecule has 0 heterocycles. The van der Waals surface area contributed by atoms with Gasteiger partial charge in [-0.2, -0.15) is 0 Å². The van der Waals surface area contributed by atoms with Crippen LogP contribution in [-0.2, 0) is 4.79 Å². The molecule has 172 valence electrons. The summed E-state index contributed by atoms with van der Waals surface area (Å²) in [6.45, 7) is 1.77. The zero-order valence-electron chi connectivity index (χ0n) is 18.5. The van der Waals surface area contributed by atoms with Crippen LogP contribution in [0.15, 0.2) is 78.9 Å². The van der Waals surface area contributed by atoms with Gasteiger partial charge in [-0.25, -0.2) is 0 Å². The number of methoxy groups -OCH3 is 1. The fourth-order valence-electron chi connectivity index (χ4n) is 3.50. The molecule has 34 heavy (non-hydrogen) atoms. The Hall–Kier alpha value is -3.54. The number of hydrogen-bond donors (Lipinski definition) is 1. The van der Waals surface area contributed by atoms with E-state index in [2.05, 4.69) is 5.32 Å². The Morgan fingerprint density at radius 2 is 1.62 bits per heavy atom. The minimum absolute atomic E-state index is 0.160. The lowest BCUT2D eigenvalue weighted by atomic mass is 9.98. The monoisotopic (exact) mass is 493 g/mol. The summed E-state index contributed by atoms with van der Waals surface area (Å²) in [5.74, 6) is -0.555. The third-order valence-electron chi connectivity index (χ3n) is 5.45. The molecule has 0 aliphatic carbocycles. The van der Waals surface area contributed by atoms with E-state index in [1.807, 2.05) is 36.4 Å². The largest absolute Gasteiger partial charge is 0.497 e. The Labute approximate surface area is 207 Å². The number of fused-ring (bicyclic) bond motifs is 1. The molecule has 4 rings (SSSR count). The number of anilines is 1. The molecular formula is C27H21Cl2NO4. The predicted molar refractivity (Wildman–Crippen MR) is 135 cm³/mol. The molecule has 0 saturated heterocycles. The Balaban J connectivity index is 1.53. The average Bonchev–Trinajstić information content (AvgIpc) is 2.84. The molecule has 7 heteroatoms. The summed E-state index contributed by atoms with van der Waals surface area (Å²) in [6.07, 6.45) is 0. The molecule has 1 N–H and O–H groups in total. The normalized spacial score (nSPS) is 11.6. The molecule has 0 bridgehead atoms. The standard InChI is InChI=1S/C27H21Cl2NO4/c1-16(17-7-8-19-14-21(33-2)11-9-18(19)13-17)27(32)34-25-6-4-3-5-22(25)26(31)30-24-12-10-20(28)15-23(24)29/h3-16H,1-2H3,(H,30,31). The minimum Gasteiger partial charge on any atom is -0.497 e. The first-order valence-corrected chi connectivity index (χ1v) is 11.3. The van der Waals surface area contributed by atoms with Gasteiger partial charge in [0, 0.05) is 5.02 Å². The van der Waals surface area contributed by atoms with E-state index >= 15 is 0 Å². The quantitative estimate of drug-likeness (QED) is 0.229. The maximum absolute atomic E-state index is 13.0. The summed E-state index contributed by atoms with van der Waals surface area (Å²) in [6, 6.07) is 22.8. The first kappa shape index (κ1) is 23.6. The van der Waals surface area contributed by atoms with Crippen LogP contribution in [0.3, 0.4) is 0 Å². The second kappa shape index (κ2) is 10.2. The lowest BCUT2D eigenvalue weighted by molar-refractivity contribution is -0.135. The van der Waals surface area contributed by atoms with Gasteiger partial charge >= 0.3 is 5.97 Å². The highest BCUT2D eigenvalue weighted by molar-refractivity contribution is 6.36. The van der Waals surface area contributed by atoms with Gasteiger partial charge in [0.1, 0.15) is 11.5 Å². The molecule has 0 saturated carbocycles. The Morgan fingerprint density at radius 3 is 2.38 bits per heavy atom. The van der Waals surface area contributed by atoms with Gasteiger partial charge in [-0.1, -0.05) is 59.6 Å². The number of carbonyl (C=O) groups excluding carboxylic acids is 2. The maximum Gasteiger partial charge on any atom is 0.318 e. The lowest BCUT2D eigenvalue weighted by Gasteiger charge is -2.15. The zero-order valence-corrected chi connectivity index (χ0v) is 20.0. The fourth-order valence-corrected chi connectivity index (χ4v) is 3.95. The maximum atomic E-state index is 13.0. The Bertz CT molecular complexity index is 1390. The third-order valence-corrected chi connectivity index (χ3v) is 5.99. The SMILES string of the molecule is COc1ccc2cc(C(C)C(=O)Oc3ccccc3C(=O)Nc3ccc(Cl)cc3Cl)ccc2c1. The van der Waals surface area contributed by atoms with Crippen molar-refractivity contribution in [3.8, 4) is 11.5 Å². The molecular weight excluding hydrogens is 473 g/mol. The average molecular weight is 494 g/mol. The zero-order chi connectivity index (χ0) is 24.2. The molecule has 4 aromatic carbocycles. The number of ether oxygens (including phenoxy) is 2. The van der Waals surface area contributed by atoms with Crippen molar-refractivity contribution in [2.75, 3.05) is 12.4 Å². The first-order chi connectivity index (χ1) is 16.4. The minimum atomic E-state index is -0.548. The number of hydrogen-bond acceptors (Lipinski definition) is 4. The van der Waals surface area contributed by atoms with Crippen molar-refractivity contribution < 1.29 is 19.1 Å². The second-order valence-corrected chi connectivity index (χ2v) is 8.53. The molecule has 5 nitrogen and oxygen atoms in total. The van der Waals surface area contributed by atoms with E-state index < -0.39 is 17.8 Å². The highest BCUT2D eigenvalue weighted by Crippen LogP contribution is 2.29. The summed E-state index contributed by atoms with van der Waals surface area (Å²) in [5, 5.41) is 5.48. The number of halogens is 2. The van der Waals surface area contributed by atoms with Crippen LogP contribution >= 0.6 is 23.2 Å². The summed E-state index contributed by atoms with van der Waals surface area (Å²) >= 11 is 12.1. The van der Waals surface area contributed by atoms with Crippen LogP contribution in [0.5, 0.6) is 11.5 Å². The van der Waals surface area contributed by atoms with Crippen LogP contribution in [0.25, 0.3) is 10.8 Å². The van der Waals surface area contributed by atoms with Gasteiger partial charge in [-0.3, -0.25) is 9.59 Å². The number of carbonyl (C=O) groups is 2. The van der Waals surface area contributed by atoms with Gasteiger partial charge in [-0.15, -0.1) is 0 Å². The molecule has 0 spiro atoms. The lowest BCUT2D eigenvalue weighted by Crippen LogP contribution is -2.19. The number of esters is 1. The summed E-state index contributed by atoms with van der Waals surface area (Å²) in [7, 11) is 1.62. The van der Waals surface area contributed by atoms with Crippen molar-refractivity contribution in [3.05, 3.63) is 100 Å². The van der Waals surface area contributed by atoms with E-state index in [0.717, 1.165) is 22.1 Å². The van der Waals surface area contributed by atoms with E-state index in [1.54, 1.807) is 50.4 Å². The predicted octanol–water partition coefficient (Wildman–Crippen LogP) is 7.12. The molecule has 0 aliphatic rings. The van der Waals surface area contributed by atoms with E-state index in [-0.39, 0.29) is 11.3 Å². The van der Waals surface area contributed by atoms with Crippen molar-refractivity contribution in [1.29, 1.82) is 0 Å². The van der Waals surface area contributed by atoms with Crippen molar-refractivity contribution >= 4 is 51.5 Å². The highest BCUT2D eigenvalue weighted by atomic mass is 35.5. The van der Waals surface area contributed by atoms with Crippen molar-refractivity contribution in [1.82, 2.24) is 0 Å². The van der Waals surface area contributed by atoms with E-state index in [1.165, 1.54) is 6.07 Å². The van der Waals surface area contributed by atoms with E-state index in [4.69, 9.17) is 32.7 Å². The number of benzene rings is 4. The van der Waals surface area contributed by atoms with Crippen LogP contribution in [0.1, 0.15) is 28.8 Å². The fraction of sp³-hybridized carbons (Fsp3) is 0.111. The molecule has 0 radical (unpaired) electrons. The van der Waals surface area contributed by atoms with Crippen LogP contribution in [0.4, 0.5) is 5.69 Å². The third kappa shape index (κ3) is 5.16. The summed E-state index contributed by atoms with van der Waals surface area (Å²) < 4.78 is 10.9. The van der Waals surface area contributed by atoms with Gasteiger partial charge in [0.2, 0.25) is 0 Å². The van der Waals surface area contributed by atoms with Gasteiger partial charge in [0.25, 0.3) is 5.91 Å². The number of rotatable bonds is 6. The molecule has 0 aromatic heterocycles. The Kier molecular flexibility index (Phi) is 7.06. The topological polar surface area (TPSA) is 64.6 Å². The first-order valence-electron chi connectivity index (χ1n) is 10.5. The van der Waals surface area contributed by atoms with Crippen LogP contribution in [0, 0.1) is 0 Å². The summed E-state index contributed by atoms with van der Waals surface area (Å²) in [4.78, 5) is 25.9. The number of nitrogens with one attached hydrogen (secondary N) is 1. The summed E-state index contributed by atoms with van der Waals surface area (Å²) in [5.41, 5.74) is 1.41. The van der Waals surface area contributed by atoms with Crippen molar-refractivity contribution in [3.63, 3.8) is 0 Å². The van der Waals surface area contributed by atoms with Crippen LogP contribution in [0.2, 0.25) is 10.0 Å². The van der Waals surface area contributed by atoms with Crippen LogP contribution < -0.4 is 14.8 Å². The van der Waals surface area contributed by atoms with E-state index in [0.29, 0.717) is 15.7 Å². The Morgan fingerprint density at radius 1 is 0.882 bits per heavy atom. The highest BCUT2D eigenvalue weighted by Gasteiger charge is 2.21. The van der Waals surface area contributed by atoms with E-state index in [9.17, 15) is 9.59 Å². The van der Waals surface area contributed by atoms with Crippen molar-refractivity contribution in [2.24, 2.45) is 0 Å². The van der Waals surface area contributed by atoms with Gasteiger partial charge < -0.3 is 14.8 Å². The van der Waals surface area contributed by atoms with Crippen molar-refractivity contribution in [2.45, 2.75) is 12.8 Å². The number of amides is 1. The molecule has 0 fully saturated rings. The molecule has 1 amide bonds. The van der Waals surface area contributed by atoms with Gasteiger partial charge in [-0.05, 0) is 65.7 Å². The smallest absolute Gasteiger partial charge is 0.318 e. The molecule has 1 atom stereocenters. The van der Waals surface area contributed by atoms with Gasteiger partial charge in [0.05, 0.1) is 29.3 Å². The van der Waals surface area contributed by atoms with Crippen LogP contribution in [-0.4, -0.2) is 19.0 Å². The molecule has 4 aromatic rings. The molecule has 0 aliphatic heterocycles. The second-order valence-electron chi connectivity index (χ2n) is 7.69.